The van der Waals surface area contributed by atoms with Gasteiger partial charge in [-0.2, -0.15) is 0 Å². The average molecular weight is 288 g/mol. The Hall–Kier alpha value is -0.580. The molecule has 0 bridgehead atoms. The maximum Gasteiger partial charge on any atom is 0.224 e. The molecule has 2 nitrogen and oxygen atoms in total. The van der Waals surface area contributed by atoms with Crippen molar-refractivity contribution in [3.63, 3.8) is 0 Å². The fraction of sp³-hybridized carbons (Fsp3) is 0.300. The van der Waals surface area contributed by atoms with Crippen LogP contribution in [-0.2, 0) is 4.79 Å². The molecule has 1 aromatic carbocycles. The molecule has 3 heteroatoms. The van der Waals surface area contributed by atoms with Crippen LogP contribution in [0.1, 0.15) is 12.8 Å². The van der Waals surface area contributed by atoms with Crippen LogP contribution >= 0.6 is 22.6 Å². The summed E-state index contributed by atoms with van der Waals surface area (Å²) < 4.78 is 1.02. The highest BCUT2D eigenvalue weighted by Gasteiger charge is 1.99. The molecule has 1 rings (SSSR count). The van der Waals surface area contributed by atoms with E-state index >= 15 is 0 Å². The molecule has 0 aromatic heterocycles. The molecule has 0 aliphatic rings. The van der Waals surface area contributed by atoms with Gasteiger partial charge in [-0.05, 0) is 24.6 Å². The maximum atomic E-state index is 11.2. The van der Waals surface area contributed by atoms with Crippen molar-refractivity contribution in [1.29, 1.82) is 0 Å². The number of amides is 1. The van der Waals surface area contributed by atoms with Crippen molar-refractivity contribution in [2.45, 2.75) is 12.8 Å². The SMILES string of the molecule is O=C(CCCI)Nc1cc[c]cc1. The Kier molecular flexibility index (Phi) is 4.82. The first kappa shape index (κ1) is 10.5. The van der Waals surface area contributed by atoms with E-state index in [2.05, 4.69) is 34.0 Å². The molecule has 0 spiro atoms. The van der Waals surface area contributed by atoms with E-state index in [1.165, 1.54) is 0 Å². The van der Waals surface area contributed by atoms with E-state index in [0.29, 0.717) is 6.42 Å². The summed E-state index contributed by atoms with van der Waals surface area (Å²) in [6.07, 6.45) is 1.53. The molecule has 0 aliphatic carbocycles. The summed E-state index contributed by atoms with van der Waals surface area (Å²) in [5.74, 6) is 0.0860. The highest BCUT2D eigenvalue weighted by atomic mass is 127. The second kappa shape index (κ2) is 5.96. The Morgan fingerprint density at radius 1 is 1.46 bits per heavy atom. The van der Waals surface area contributed by atoms with E-state index < -0.39 is 0 Å². The monoisotopic (exact) mass is 288 g/mol. The van der Waals surface area contributed by atoms with Crippen molar-refractivity contribution in [2.75, 3.05) is 9.74 Å². The van der Waals surface area contributed by atoms with E-state index in [1.54, 1.807) is 12.1 Å². The molecule has 69 valence electrons. The van der Waals surface area contributed by atoms with Gasteiger partial charge in [0.2, 0.25) is 5.91 Å². The molecule has 0 aliphatic heterocycles. The van der Waals surface area contributed by atoms with Gasteiger partial charge in [-0.25, -0.2) is 0 Å². The second-order valence-corrected chi connectivity index (χ2v) is 3.71. The molecule has 0 saturated heterocycles. The molecule has 0 fully saturated rings. The predicted octanol–water partition coefficient (Wildman–Crippen LogP) is 2.64. The summed E-state index contributed by atoms with van der Waals surface area (Å²) in [6.45, 7) is 0. The summed E-state index contributed by atoms with van der Waals surface area (Å²) in [4.78, 5) is 11.2. The maximum absolute atomic E-state index is 11.2. The van der Waals surface area contributed by atoms with Crippen molar-refractivity contribution < 1.29 is 4.79 Å². The van der Waals surface area contributed by atoms with E-state index in [-0.39, 0.29) is 5.91 Å². The zero-order chi connectivity index (χ0) is 9.52. The normalized spacial score (nSPS) is 9.62. The van der Waals surface area contributed by atoms with E-state index in [1.807, 2.05) is 12.1 Å². The topological polar surface area (TPSA) is 29.1 Å². The summed E-state index contributed by atoms with van der Waals surface area (Å²) >= 11 is 2.27. The zero-order valence-corrected chi connectivity index (χ0v) is 9.37. The average Bonchev–Trinajstić information content (AvgIpc) is 2.16. The molecule has 1 N–H and O–H groups in total. The van der Waals surface area contributed by atoms with Gasteiger partial charge < -0.3 is 5.32 Å². The number of halogens is 1. The van der Waals surface area contributed by atoms with Crippen LogP contribution in [0.4, 0.5) is 5.69 Å². The minimum Gasteiger partial charge on any atom is -0.326 e. The summed E-state index contributed by atoms with van der Waals surface area (Å²) in [5, 5.41) is 2.81. The predicted molar refractivity (Wildman–Crippen MR) is 62.0 cm³/mol. The largest absolute Gasteiger partial charge is 0.326 e. The number of carbonyl (C=O) groups excluding carboxylic acids is 1. The third-order valence-corrected chi connectivity index (χ3v) is 2.30. The van der Waals surface area contributed by atoms with Crippen LogP contribution in [0, 0.1) is 6.07 Å². The van der Waals surface area contributed by atoms with Gasteiger partial charge in [0.25, 0.3) is 0 Å². The Morgan fingerprint density at radius 2 is 2.15 bits per heavy atom. The Labute approximate surface area is 91.9 Å². The molecule has 1 amide bonds. The lowest BCUT2D eigenvalue weighted by atomic mass is 10.3. The molecule has 0 unspecified atom stereocenters. The van der Waals surface area contributed by atoms with Gasteiger partial charge in [-0.1, -0.05) is 34.7 Å². The molecule has 1 radical (unpaired) electrons. The van der Waals surface area contributed by atoms with Crippen molar-refractivity contribution in [3.8, 4) is 0 Å². The van der Waals surface area contributed by atoms with Crippen LogP contribution in [0.5, 0.6) is 0 Å². The molecule has 0 atom stereocenters. The van der Waals surface area contributed by atoms with Crippen LogP contribution in [0.25, 0.3) is 0 Å². The first-order valence-corrected chi connectivity index (χ1v) is 5.67. The summed E-state index contributed by atoms with van der Waals surface area (Å²) in [6, 6.07) is 10.1. The second-order valence-electron chi connectivity index (χ2n) is 2.63. The first-order valence-electron chi connectivity index (χ1n) is 4.15. The lowest BCUT2D eigenvalue weighted by Crippen LogP contribution is -2.10. The van der Waals surface area contributed by atoms with Gasteiger partial charge in [-0.15, -0.1) is 0 Å². The third kappa shape index (κ3) is 4.26. The first-order chi connectivity index (χ1) is 6.33. The van der Waals surface area contributed by atoms with Gasteiger partial charge in [0, 0.05) is 16.5 Å². The van der Waals surface area contributed by atoms with Crippen LogP contribution in [0.3, 0.4) is 0 Å². The van der Waals surface area contributed by atoms with E-state index in [4.69, 9.17) is 0 Å². The van der Waals surface area contributed by atoms with Gasteiger partial charge in [0.15, 0.2) is 0 Å². The molecule has 0 saturated carbocycles. The van der Waals surface area contributed by atoms with Gasteiger partial charge >= 0.3 is 0 Å². The van der Waals surface area contributed by atoms with Crippen molar-refractivity contribution in [2.24, 2.45) is 0 Å². The number of hydrogen-bond acceptors (Lipinski definition) is 1. The Balaban J connectivity index is 2.37. The highest BCUT2D eigenvalue weighted by molar-refractivity contribution is 14.1. The smallest absolute Gasteiger partial charge is 0.224 e. The molecule has 13 heavy (non-hydrogen) atoms. The van der Waals surface area contributed by atoms with Crippen LogP contribution < -0.4 is 5.32 Å². The van der Waals surface area contributed by atoms with Gasteiger partial charge in [0.05, 0.1) is 0 Å². The van der Waals surface area contributed by atoms with E-state index in [0.717, 1.165) is 16.5 Å². The minimum atomic E-state index is 0.0860. The molecular weight excluding hydrogens is 277 g/mol. The fourth-order valence-electron chi connectivity index (χ4n) is 0.921. The van der Waals surface area contributed by atoms with Crippen molar-refractivity contribution in [3.05, 3.63) is 30.3 Å². The van der Waals surface area contributed by atoms with Crippen LogP contribution in [0.15, 0.2) is 24.3 Å². The van der Waals surface area contributed by atoms with Gasteiger partial charge in [0.1, 0.15) is 0 Å². The van der Waals surface area contributed by atoms with Crippen molar-refractivity contribution in [1.82, 2.24) is 0 Å². The lowest BCUT2D eigenvalue weighted by Gasteiger charge is -2.02. The number of anilines is 1. The Morgan fingerprint density at radius 3 is 2.77 bits per heavy atom. The Bertz CT molecular complexity index is 261. The van der Waals surface area contributed by atoms with E-state index in [9.17, 15) is 4.79 Å². The number of hydrogen-bond donors (Lipinski definition) is 1. The number of rotatable bonds is 4. The standard InChI is InChI=1S/C10H11INO/c11-8-4-7-10(13)12-9-5-2-1-3-6-9/h2-3,5-6H,4,7-8H2,(H,12,13). The van der Waals surface area contributed by atoms with Crippen LogP contribution in [0.2, 0.25) is 0 Å². The number of nitrogens with one attached hydrogen (secondary N) is 1. The molecule has 1 aromatic rings. The lowest BCUT2D eigenvalue weighted by molar-refractivity contribution is -0.116. The zero-order valence-electron chi connectivity index (χ0n) is 7.22. The number of carbonyl (C=O) groups is 1. The van der Waals surface area contributed by atoms with Gasteiger partial charge in [-0.3, -0.25) is 4.79 Å². The fourth-order valence-corrected chi connectivity index (χ4v) is 1.30. The summed E-state index contributed by atoms with van der Waals surface area (Å²) in [5.41, 5.74) is 0.845. The third-order valence-electron chi connectivity index (χ3n) is 1.54. The minimum absolute atomic E-state index is 0.0860. The van der Waals surface area contributed by atoms with Crippen molar-refractivity contribution >= 4 is 34.2 Å². The quantitative estimate of drug-likeness (QED) is 0.669. The number of benzene rings is 1. The molecular formula is C10H11INO. The van der Waals surface area contributed by atoms with Crippen LogP contribution in [-0.4, -0.2) is 10.3 Å². The number of alkyl halides is 1. The summed E-state index contributed by atoms with van der Waals surface area (Å²) in [7, 11) is 0. The highest BCUT2D eigenvalue weighted by Crippen LogP contribution is 2.05. The molecule has 0 heterocycles.